The van der Waals surface area contributed by atoms with Crippen LogP contribution in [0.4, 0.5) is 0 Å². The lowest BCUT2D eigenvalue weighted by Crippen LogP contribution is -2.27. The standard InChI is InChI=1S/C10H15Br/c1-9(2)7-4-5-10(9,3)6-8(7)11/h6-7H,4-5H2,1-3H3/t7-,10+/m1/s1. The quantitative estimate of drug-likeness (QED) is 0.577. The van der Waals surface area contributed by atoms with Gasteiger partial charge in [-0.05, 0) is 34.1 Å². The Morgan fingerprint density at radius 1 is 1.45 bits per heavy atom. The molecule has 0 nitrogen and oxygen atoms in total. The molecule has 0 aromatic rings. The van der Waals surface area contributed by atoms with Gasteiger partial charge in [-0.3, -0.25) is 0 Å². The maximum atomic E-state index is 3.67. The highest BCUT2D eigenvalue weighted by Crippen LogP contribution is 2.65. The van der Waals surface area contributed by atoms with Crippen LogP contribution in [0.3, 0.4) is 0 Å². The van der Waals surface area contributed by atoms with E-state index in [1.54, 1.807) is 0 Å². The molecule has 0 saturated heterocycles. The molecule has 0 aromatic carbocycles. The second-order valence-electron chi connectivity index (χ2n) is 4.76. The van der Waals surface area contributed by atoms with Crippen molar-refractivity contribution in [3.05, 3.63) is 10.6 Å². The Balaban J connectivity index is 2.48. The van der Waals surface area contributed by atoms with Gasteiger partial charge in [0.2, 0.25) is 0 Å². The van der Waals surface area contributed by atoms with Gasteiger partial charge in [-0.1, -0.05) is 42.8 Å². The van der Waals surface area contributed by atoms with Gasteiger partial charge in [-0.2, -0.15) is 0 Å². The third kappa shape index (κ3) is 0.756. The highest BCUT2D eigenvalue weighted by atomic mass is 79.9. The van der Waals surface area contributed by atoms with E-state index in [2.05, 4.69) is 42.8 Å². The van der Waals surface area contributed by atoms with Gasteiger partial charge in [0.15, 0.2) is 0 Å². The molecule has 11 heavy (non-hydrogen) atoms. The van der Waals surface area contributed by atoms with Crippen LogP contribution in [-0.2, 0) is 0 Å². The average molecular weight is 215 g/mol. The summed E-state index contributed by atoms with van der Waals surface area (Å²) in [5, 5.41) is 0. The van der Waals surface area contributed by atoms with E-state index in [0.29, 0.717) is 10.8 Å². The van der Waals surface area contributed by atoms with Crippen LogP contribution in [0.25, 0.3) is 0 Å². The molecule has 0 aliphatic heterocycles. The molecule has 0 amide bonds. The molecule has 0 N–H and O–H groups in total. The number of rotatable bonds is 0. The molecule has 62 valence electrons. The summed E-state index contributed by atoms with van der Waals surface area (Å²) in [5.41, 5.74) is 0.961. The third-order valence-corrected chi connectivity index (χ3v) is 4.87. The largest absolute Gasteiger partial charge is 0.0676 e. The van der Waals surface area contributed by atoms with Crippen LogP contribution in [0.15, 0.2) is 10.6 Å². The maximum absolute atomic E-state index is 3.67. The second kappa shape index (κ2) is 1.93. The topological polar surface area (TPSA) is 0 Å². The van der Waals surface area contributed by atoms with Crippen molar-refractivity contribution in [3.63, 3.8) is 0 Å². The van der Waals surface area contributed by atoms with Gasteiger partial charge >= 0.3 is 0 Å². The summed E-state index contributed by atoms with van der Waals surface area (Å²) in [5.74, 6) is 0.799. The molecule has 2 rings (SSSR count). The van der Waals surface area contributed by atoms with Crippen LogP contribution in [0.5, 0.6) is 0 Å². The molecular weight excluding hydrogens is 200 g/mol. The number of allylic oxidation sites excluding steroid dienone is 2. The number of fused-ring (bicyclic) bond motifs is 2. The van der Waals surface area contributed by atoms with Crippen molar-refractivity contribution in [2.45, 2.75) is 33.6 Å². The molecular formula is C10H15Br. The third-order valence-electron chi connectivity index (χ3n) is 4.08. The van der Waals surface area contributed by atoms with E-state index in [1.165, 1.54) is 17.3 Å². The van der Waals surface area contributed by atoms with Crippen LogP contribution in [0.1, 0.15) is 33.6 Å². The van der Waals surface area contributed by atoms with E-state index in [-0.39, 0.29) is 0 Å². The normalized spacial score (nSPS) is 46.2. The molecule has 1 fully saturated rings. The predicted molar refractivity (Wildman–Crippen MR) is 51.6 cm³/mol. The second-order valence-corrected chi connectivity index (χ2v) is 5.68. The summed E-state index contributed by atoms with van der Waals surface area (Å²) in [4.78, 5) is 0. The molecule has 0 radical (unpaired) electrons. The fourth-order valence-electron chi connectivity index (χ4n) is 2.67. The molecule has 0 heterocycles. The summed E-state index contributed by atoms with van der Waals surface area (Å²) in [6.07, 6.45) is 5.18. The van der Waals surface area contributed by atoms with E-state index >= 15 is 0 Å². The van der Waals surface area contributed by atoms with E-state index < -0.39 is 0 Å². The molecule has 2 aliphatic rings. The first-order valence-electron chi connectivity index (χ1n) is 4.36. The highest BCUT2D eigenvalue weighted by Gasteiger charge is 2.55. The van der Waals surface area contributed by atoms with E-state index in [9.17, 15) is 0 Å². The Labute approximate surface area is 77.2 Å². The van der Waals surface area contributed by atoms with E-state index in [0.717, 1.165) is 5.92 Å². The molecule has 1 saturated carbocycles. The lowest BCUT2D eigenvalue weighted by atomic mass is 9.71. The Hall–Kier alpha value is 0.220. The first kappa shape index (κ1) is 7.85. The first-order chi connectivity index (χ1) is 4.97. The number of halogens is 1. The zero-order valence-electron chi connectivity index (χ0n) is 7.45. The summed E-state index contributed by atoms with van der Waals surface area (Å²) in [6, 6.07) is 0. The Bertz CT molecular complexity index is 227. The fourth-order valence-corrected chi connectivity index (χ4v) is 3.98. The Morgan fingerprint density at radius 3 is 2.27 bits per heavy atom. The summed E-state index contributed by atoms with van der Waals surface area (Å²) in [7, 11) is 0. The molecule has 2 bridgehead atoms. The Kier molecular flexibility index (Phi) is 1.38. The molecule has 2 aliphatic carbocycles. The number of hydrogen-bond acceptors (Lipinski definition) is 0. The minimum atomic E-state index is 0.469. The van der Waals surface area contributed by atoms with Gasteiger partial charge in [0.1, 0.15) is 0 Å². The molecule has 0 unspecified atom stereocenters. The van der Waals surface area contributed by atoms with Crippen LogP contribution >= 0.6 is 15.9 Å². The van der Waals surface area contributed by atoms with Gasteiger partial charge in [-0.15, -0.1) is 0 Å². The summed E-state index contributed by atoms with van der Waals surface area (Å²) in [6.45, 7) is 7.19. The molecule has 1 heteroatoms. The average Bonchev–Trinajstić information content (AvgIpc) is 2.13. The summed E-state index contributed by atoms with van der Waals surface area (Å²) < 4.78 is 1.45. The first-order valence-corrected chi connectivity index (χ1v) is 5.15. The molecule has 0 aromatic heterocycles. The minimum Gasteiger partial charge on any atom is -0.0676 e. The van der Waals surface area contributed by atoms with Crippen molar-refractivity contribution in [2.75, 3.05) is 0 Å². The van der Waals surface area contributed by atoms with E-state index in [4.69, 9.17) is 0 Å². The zero-order valence-corrected chi connectivity index (χ0v) is 9.03. The van der Waals surface area contributed by atoms with Gasteiger partial charge in [-0.25, -0.2) is 0 Å². The zero-order chi connectivity index (χ0) is 8.28. The van der Waals surface area contributed by atoms with Crippen LogP contribution in [-0.4, -0.2) is 0 Å². The van der Waals surface area contributed by atoms with Crippen molar-refractivity contribution in [1.82, 2.24) is 0 Å². The van der Waals surface area contributed by atoms with Crippen molar-refractivity contribution in [1.29, 1.82) is 0 Å². The van der Waals surface area contributed by atoms with Crippen LogP contribution in [0.2, 0.25) is 0 Å². The van der Waals surface area contributed by atoms with Crippen molar-refractivity contribution in [3.8, 4) is 0 Å². The SMILES string of the molecule is CC1(C)[C@@H]2CC[C@@]1(C)C=C2Br. The smallest absolute Gasteiger partial charge is 0.00388 e. The van der Waals surface area contributed by atoms with Crippen LogP contribution < -0.4 is 0 Å². The number of hydrogen-bond donors (Lipinski definition) is 0. The van der Waals surface area contributed by atoms with Gasteiger partial charge in [0, 0.05) is 0 Å². The van der Waals surface area contributed by atoms with Crippen molar-refractivity contribution < 1.29 is 0 Å². The minimum absolute atomic E-state index is 0.469. The van der Waals surface area contributed by atoms with Crippen molar-refractivity contribution >= 4 is 15.9 Å². The fraction of sp³-hybridized carbons (Fsp3) is 0.800. The van der Waals surface area contributed by atoms with E-state index in [1.807, 2.05) is 0 Å². The van der Waals surface area contributed by atoms with Gasteiger partial charge in [0.05, 0.1) is 0 Å². The molecule has 0 spiro atoms. The Morgan fingerprint density at radius 2 is 2.09 bits per heavy atom. The lowest BCUT2D eigenvalue weighted by molar-refractivity contribution is 0.181. The lowest BCUT2D eigenvalue weighted by Gasteiger charge is -2.33. The molecule has 2 atom stereocenters. The monoisotopic (exact) mass is 214 g/mol. The van der Waals surface area contributed by atoms with Crippen LogP contribution in [0, 0.1) is 16.7 Å². The van der Waals surface area contributed by atoms with Gasteiger partial charge < -0.3 is 0 Å². The van der Waals surface area contributed by atoms with Crippen molar-refractivity contribution in [2.24, 2.45) is 16.7 Å². The highest BCUT2D eigenvalue weighted by molar-refractivity contribution is 9.11. The summed E-state index contributed by atoms with van der Waals surface area (Å²) >= 11 is 3.67. The predicted octanol–water partition coefficient (Wildman–Crippen LogP) is 3.72. The maximum Gasteiger partial charge on any atom is -0.00388 e. The van der Waals surface area contributed by atoms with Gasteiger partial charge in [0.25, 0.3) is 0 Å².